The molecule has 28 heavy (non-hydrogen) atoms. The summed E-state index contributed by atoms with van der Waals surface area (Å²) in [6.07, 6.45) is 1.81. The number of alkyl halides is 2. The summed E-state index contributed by atoms with van der Waals surface area (Å²) in [5.74, 6) is -3.74. The summed E-state index contributed by atoms with van der Waals surface area (Å²) in [6, 6.07) is 9.38. The van der Waals surface area contributed by atoms with Gasteiger partial charge in [-0.2, -0.15) is 14.0 Å². The van der Waals surface area contributed by atoms with Crippen LogP contribution in [0.25, 0.3) is 0 Å². The van der Waals surface area contributed by atoms with Crippen molar-refractivity contribution in [1.82, 2.24) is 4.98 Å². The highest BCUT2D eigenvalue weighted by molar-refractivity contribution is 6.03. The van der Waals surface area contributed by atoms with Gasteiger partial charge in [0.2, 0.25) is 0 Å². The molecule has 1 amide bonds. The minimum atomic E-state index is -3.22. The number of benzene rings is 1. The fraction of sp³-hybridized carbons (Fsp3) is 0.263. The van der Waals surface area contributed by atoms with E-state index in [2.05, 4.69) is 15.3 Å². The van der Waals surface area contributed by atoms with Crippen molar-refractivity contribution in [1.29, 1.82) is 5.26 Å². The number of amides is 1. The second-order valence-corrected chi connectivity index (χ2v) is 6.67. The van der Waals surface area contributed by atoms with E-state index in [0.29, 0.717) is 23.2 Å². The number of nitrogens with zero attached hydrogens (tertiary/aromatic N) is 3. The number of aliphatic imine (C=N–C) groups is 1. The Morgan fingerprint density at radius 2 is 2.14 bits per heavy atom. The Hall–Kier alpha value is -3.54. The number of aryl methyl sites for hydroxylation is 1. The molecule has 0 saturated carbocycles. The van der Waals surface area contributed by atoms with Crippen LogP contribution in [-0.4, -0.2) is 29.4 Å². The van der Waals surface area contributed by atoms with Gasteiger partial charge in [-0.05, 0) is 48.2 Å². The predicted octanol–water partition coefficient (Wildman–Crippen LogP) is 2.33. The third kappa shape index (κ3) is 2.74. The van der Waals surface area contributed by atoms with E-state index >= 15 is 0 Å². The first-order valence-corrected chi connectivity index (χ1v) is 8.51. The average Bonchev–Trinajstić information content (AvgIpc) is 3.05. The van der Waals surface area contributed by atoms with Crippen molar-refractivity contribution in [2.24, 2.45) is 10.7 Å². The molecule has 4 rings (SSSR count). The molecule has 3 N–H and O–H groups in total. The number of hydrogen-bond donors (Lipinski definition) is 2. The van der Waals surface area contributed by atoms with Gasteiger partial charge in [-0.15, -0.1) is 0 Å². The molecule has 7 nitrogen and oxygen atoms in total. The standard InChI is InChI=1S/C19H15F2N5O2/c20-19(21)10-28-17(23)26-18(19)6-5-12-2-3-13(7-14(12)18)25-16(27)15-4-1-11(8-22)9-24-15/h1-4,7,9H,5-6,10H2,(H2,23,26)(H,25,27). The van der Waals surface area contributed by atoms with Crippen molar-refractivity contribution in [2.75, 3.05) is 11.9 Å². The largest absolute Gasteiger partial charge is 0.459 e. The number of anilines is 1. The van der Waals surface area contributed by atoms with Crippen LogP contribution in [0.2, 0.25) is 0 Å². The number of hydrogen-bond acceptors (Lipinski definition) is 6. The first-order chi connectivity index (χ1) is 13.3. The molecular weight excluding hydrogens is 368 g/mol. The lowest BCUT2D eigenvalue weighted by molar-refractivity contribution is -0.121. The number of nitrogens with two attached hydrogens (primary N) is 1. The Balaban J connectivity index is 1.66. The second-order valence-electron chi connectivity index (χ2n) is 6.67. The van der Waals surface area contributed by atoms with E-state index in [1.54, 1.807) is 12.1 Å². The van der Waals surface area contributed by atoms with Crippen molar-refractivity contribution in [2.45, 2.75) is 24.3 Å². The Labute approximate surface area is 158 Å². The van der Waals surface area contributed by atoms with Gasteiger partial charge in [-0.3, -0.25) is 4.79 Å². The number of halogens is 2. The zero-order valence-electron chi connectivity index (χ0n) is 14.6. The Kier molecular flexibility index (Phi) is 4.00. The topological polar surface area (TPSA) is 113 Å². The Morgan fingerprint density at radius 1 is 1.32 bits per heavy atom. The molecule has 1 aromatic carbocycles. The third-order valence-corrected chi connectivity index (χ3v) is 5.00. The van der Waals surface area contributed by atoms with Crippen LogP contribution in [0.1, 0.15) is 33.6 Å². The summed E-state index contributed by atoms with van der Waals surface area (Å²) in [5.41, 5.74) is 5.61. The van der Waals surface area contributed by atoms with E-state index in [0.717, 1.165) is 5.56 Å². The third-order valence-electron chi connectivity index (χ3n) is 5.00. The van der Waals surface area contributed by atoms with Gasteiger partial charge >= 0.3 is 5.92 Å². The van der Waals surface area contributed by atoms with Gasteiger partial charge in [0.05, 0.1) is 5.56 Å². The fourth-order valence-electron chi connectivity index (χ4n) is 3.58. The minimum Gasteiger partial charge on any atom is -0.459 e. The number of rotatable bonds is 2. The summed E-state index contributed by atoms with van der Waals surface area (Å²) < 4.78 is 34.2. The molecular formula is C19H15F2N5O2. The number of aromatic nitrogens is 1. The molecule has 1 aromatic heterocycles. The van der Waals surface area contributed by atoms with Crippen molar-refractivity contribution in [3.63, 3.8) is 0 Å². The van der Waals surface area contributed by atoms with Crippen molar-refractivity contribution >= 4 is 17.6 Å². The van der Waals surface area contributed by atoms with Crippen LogP contribution in [0, 0.1) is 11.3 Å². The number of nitrogens with one attached hydrogen (secondary N) is 1. The van der Waals surface area contributed by atoms with E-state index in [9.17, 15) is 13.6 Å². The highest BCUT2D eigenvalue weighted by atomic mass is 19.3. The molecule has 1 atom stereocenters. The lowest BCUT2D eigenvalue weighted by Gasteiger charge is -2.37. The van der Waals surface area contributed by atoms with Crippen LogP contribution >= 0.6 is 0 Å². The Morgan fingerprint density at radius 3 is 2.86 bits per heavy atom. The molecule has 2 aliphatic rings. The summed E-state index contributed by atoms with van der Waals surface area (Å²) >= 11 is 0. The van der Waals surface area contributed by atoms with E-state index in [-0.39, 0.29) is 18.1 Å². The van der Waals surface area contributed by atoms with Crippen molar-refractivity contribution in [3.05, 3.63) is 58.9 Å². The zero-order chi connectivity index (χ0) is 19.9. The monoisotopic (exact) mass is 383 g/mol. The van der Waals surface area contributed by atoms with Gasteiger partial charge in [0.1, 0.15) is 11.8 Å². The summed E-state index contributed by atoms with van der Waals surface area (Å²) in [7, 11) is 0. The van der Waals surface area contributed by atoms with E-state index in [1.807, 2.05) is 6.07 Å². The smallest absolute Gasteiger partial charge is 0.310 e. The van der Waals surface area contributed by atoms with E-state index in [4.69, 9.17) is 15.7 Å². The quantitative estimate of drug-likeness (QED) is 0.826. The number of carbonyl (C=O) groups excluding carboxylic acids is 1. The molecule has 2 aromatic rings. The average molecular weight is 383 g/mol. The molecule has 1 aliphatic heterocycles. The van der Waals surface area contributed by atoms with Gasteiger partial charge in [0, 0.05) is 11.9 Å². The van der Waals surface area contributed by atoms with Gasteiger partial charge in [-0.1, -0.05) is 6.07 Å². The summed E-state index contributed by atoms with van der Waals surface area (Å²) in [6.45, 7) is -0.840. The molecule has 1 unspecified atom stereocenters. The number of nitriles is 1. The number of fused-ring (bicyclic) bond motifs is 2. The van der Waals surface area contributed by atoms with Crippen LogP contribution in [-0.2, 0) is 16.7 Å². The summed E-state index contributed by atoms with van der Waals surface area (Å²) in [5, 5.41) is 11.4. The highest BCUT2D eigenvalue weighted by Crippen LogP contribution is 2.52. The van der Waals surface area contributed by atoms with Crippen molar-refractivity contribution in [3.8, 4) is 6.07 Å². The lowest BCUT2D eigenvalue weighted by Crippen LogP contribution is -2.51. The first kappa shape index (κ1) is 17.9. The van der Waals surface area contributed by atoms with Crippen LogP contribution in [0.3, 0.4) is 0 Å². The number of pyridine rings is 1. The maximum absolute atomic E-state index is 14.7. The molecule has 1 spiro atoms. The maximum Gasteiger partial charge on any atom is 0.310 e. The van der Waals surface area contributed by atoms with E-state index in [1.165, 1.54) is 24.4 Å². The zero-order valence-corrected chi connectivity index (χ0v) is 14.6. The van der Waals surface area contributed by atoms with Gasteiger partial charge in [-0.25, -0.2) is 9.98 Å². The van der Waals surface area contributed by atoms with Crippen LogP contribution in [0.15, 0.2) is 41.5 Å². The first-order valence-electron chi connectivity index (χ1n) is 8.51. The Bertz CT molecular complexity index is 1030. The lowest BCUT2D eigenvalue weighted by atomic mass is 9.85. The number of carbonyl (C=O) groups is 1. The molecule has 0 saturated heterocycles. The SMILES string of the molecule is N#Cc1ccc(C(=O)Nc2ccc3c(c2)C2(CC3)N=C(N)OCC2(F)F)nc1. The highest BCUT2D eigenvalue weighted by Gasteiger charge is 2.60. The molecule has 9 heteroatoms. The number of amidine groups is 1. The minimum absolute atomic E-state index is 0.105. The van der Waals surface area contributed by atoms with Crippen LogP contribution in [0.4, 0.5) is 14.5 Å². The number of ether oxygens (including phenoxy) is 1. The second kappa shape index (κ2) is 6.27. The predicted molar refractivity (Wildman–Crippen MR) is 95.9 cm³/mol. The van der Waals surface area contributed by atoms with Crippen LogP contribution < -0.4 is 11.1 Å². The molecule has 2 heterocycles. The molecule has 142 valence electrons. The van der Waals surface area contributed by atoms with Crippen LogP contribution in [0.5, 0.6) is 0 Å². The maximum atomic E-state index is 14.7. The summed E-state index contributed by atoms with van der Waals surface area (Å²) in [4.78, 5) is 20.3. The molecule has 0 fully saturated rings. The molecule has 0 radical (unpaired) electrons. The van der Waals surface area contributed by atoms with Gasteiger partial charge in [0.25, 0.3) is 11.9 Å². The molecule has 0 bridgehead atoms. The van der Waals surface area contributed by atoms with Crippen molar-refractivity contribution < 1.29 is 18.3 Å². The van der Waals surface area contributed by atoms with Gasteiger partial charge in [0.15, 0.2) is 12.1 Å². The molecule has 1 aliphatic carbocycles. The fourth-order valence-corrected chi connectivity index (χ4v) is 3.58. The van der Waals surface area contributed by atoms with Gasteiger partial charge < -0.3 is 15.8 Å². The normalized spacial score (nSPS) is 22.0. The van der Waals surface area contributed by atoms with E-state index < -0.39 is 24.0 Å².